The minimum Gasteiger partial charge on any atom is -0.314 e. The second-order valence-electron chi connectivity index (χ2n) is 4.54. The van der Waals surface area contributed by atoms with Crippen molar-refractivity contribution in [3.05, 3.63) is 42.2 Å². The molecule has 3 rings (SSSR count). The van der Waals surface area contributed by atoms with Crippen molar-refractivity contribution in [3.8, 4) is 5.69 Å². The highest BCUT2D eigenvalue weighted by Crippen LogP contribution is 2.10. The maximum atomic E-state index is 3.98. The van der Waals surface area contributed by atoms with E-state index in [2.05, 4.69) is 44.8 Å². The first-order valence-electron chi connectivity index (χ1n) is 6.30. The van der Waals surface area contributed by atoms with Crippen molar-refractivity contribution in [1.82, 2.24) is 25.2 Å². The van der Waals surface area contributed by atoms with Crippen LogP contribution < -0.4 is 5.32 Å². The van der Waals surface area contributed by atoms with E-state index in [1.165, 1.54) is 5.56 Å². The number of nitrogens with zero attached hydrogens (tertiary/aromatic N) is 4. The molecule has 0 atom stereocenters. The minimum absolute atomic E-state index is 1.03. The van der Waals surface area contributed by atoms with Gasteiger partial charge >= 0.3 is 0 Å². The van der Waals surface area contributed by atoms with E-state index in [1.807, 2.05) is 6.20 Å². The first-order chi connectivity index (χ1) is 8.92. The molecule has 5 heteroatoms. The molecule has 18 heavy (non-hydrogen) atoms. The molecule has 5 nitrogen and oxygen atoms in total. The van der Waals surface area contributed by atoms with Gasteiger partial charge in [0.25, 0.3) is 0 Å². The van der Waals surface area contributed by atoms with Gasteiger partial charge in [0, 0.05) is 32.7 Å². The molecule has 1 aliphatic rings. The summed E-state index contributed by atoms with van der Waals surface area (Å²) in [7, 11) is 0. The van der Waals surface area contributed by atoms with Gasteiger partial charge in [-0.1, -0.05) is 17.3 Å². The molecule has 0 saturated carbocycles. The summed E-state index contributed by atoms with van der Waals surface area (Å²) in [6, 6.07) is 8.51. The third kappa shape index (κ3) is 2.57. The Morgan fingerprint density at radius 1 is 1.11 bits per heavy atom. The first-order valence-corrected chi connectivity index (χ1v) is 6.30. The van der Waals surface area contributed by atoms with Crippen molar-refractivity contribution < 1.29 is 0 Å². The van der Waals surface area contributed by atoms with Gasteiger partial charge in [-0.3, -0.25) is 4.90 Å². The zero-order chi connectivity index (χ0) is 12.2. The third-order valence-corrected chi connectivity index (χ3v) is 3.24. The molecule has 94 valence electrons. The maximum absolute atomic E-state index is 3.98. The Labute approximate surface area is 106 Å². The predicted octanol–water partition coefficient (Wildman–Crippen LogP) is 0.672. The monoisotopic (exact) mass is 243 g/mol. The molecule has 0 bridgehead atoms. The zero-order valence-electron chi connectivity index (χ0n) is 10.3. The van der Waals surface area contributed by atoms with Crippen LogP contribution in [0.4, 0.5) is 0 Å². The number of rotatable bonds is 3. The number of piperazine rings is 1. The Kier molecular flexibility index (Phi) is 3.34. The molecule has 2 heterocycles. The van der Waals surface area contributed by atoms with E-state index in [0.717, 1.165) is 38.4 Å². The summed E-state index contributed by atoms with van der Waals surface area (Å²) in [6.45, 7) is 5.48. The number of hydrogen-bond donors (Lipinski definition) is 1. The molecular weight excluding hydrogens is 226 g/mol. The number of aromatic nitrogens is 3. The van der Waals surface area contributed by atoms with Crippen molar-refractivity contribution >= 4 is 0 Å². The van der Waals surface area contributed by atoms with Crippen LogP contribution in [0.2, 0.25) is 0 Å². The Morgan fingerprint density at radius 2 is 1.89 bits per heavy atom. The average molecular weight is 243 g/mol. The Bertz CT molecular complexity index is 471. The fraction of sp³-hybridized carbons (Fsp3) is 0.385. The van der Waals surface area contributed by atoms with E-state index in [9.17, 15) is 0 Å². The van der Waals surface area contributed by atoms with Crippen LogP contribution in [0.1, 0.15) is 5.56 Å². The molecule has 0 spiro atoms. The Morgan fingerprint density at radius 3 is 2.56 bits per heavy atom. The first kappa shape index (κ1) is 11.4. The molecule has 0 unspecified atom stereocenters. The predicted molar refractivity (Wildman–Crippen MR) is 69.5 cm³/mol. The van der Waals surface area contributed by atoms with Gasteiger partial charge in [0.15, 0.2) is 0 Å². The van der Waals surface area contributed by atoms with Crippen LogP contribution in [0, 0.1) is 0 Å². The van der Waals surface area contributed by atoms with Crippen molar-refractivity contribution in [2.24, 2.45) is 0 Å². The van der Waals surface area contributed by atoms with Crippen LogP contribution in [-0.4, -0.2) is 46.1 Å². The zero-order valence-corrected chi connectivity index (χ0v) is 10.3. The molecule has 0 aliphatic carbocycles. The van der Waals surface area contributed by atoms with Gasteiger partial charge in [-0.25, -0.2) is 4.68 Å². The normalized spacial score (nSPS) is 16.9. The second kappa shape index (κ2) is 5.29. The van der Waals surface area contributed by atoms with Crippen LogP contribution in [0.15, 0.2) is 36.7 Å². The van der Waals surface area contributed by atoms with Crippen molar-refractivity contribution in [2.45, 2.75) is 6.54 Å². The van der Waals surface area contributed by atoms with E-state index in [4.69, 9.17) is 0 Å². The van der Waals surface area contributed by atoms with E-state index in [1.54, 1.807) is 10.9 Å². The molecule has 1 aliphatic heterocycles. The van der Waals surface area contributed by atoms with Crippen molar-refractivity contribution in [2.75, 3.05) is 26.2 Å². The topological polar surface area (TPSA) is 46.0 Å². The smallest absolute Gasteiger partial charge is 0.0697 e. The van der Waals surface area contributed by atoms with Crippen molar-refractivity contribution in [3.63, 3.8) is 0 Å². The lowest BCUT2D eigenvalue weighted by atomic mass is 10.2. The van der Waals surface area contributed by atoms with Crippen LogP contribution >= 0.6 is 0 Å². The molecule has 1 saturated heterocycles. The lowest BCUT2D eigenvalue weighted by Crippen LogP contribution is -2.42. The SMILES string of the molecule is c1cn(-c2ccc(CN3CCNCC3)cc2)nn1. The van der Waals surface area contributed by atoms with Gasteiger partial charge in [0.1, 0.15) is 0 Å². The second-order valence-corrected chi connectivity index (χ2v) is 4.54. The fourth-order valence-corrected chi connectivity index (χ4v) is 2.23. The molecule has 1 fully saturated rings. The van der Waals surface area contributed by atoms with Crippen molar-refractivity contribution in [1.29, 1.82) is 0 Å². The summed E-state index contributed by atoms with van der Waals surface area (Å²) in [5, 5.41) is 11.2. The lowest BCUT2D eigenvalue weighted by Gasteiger charge is -2.27. The highest BCUT2D eigenvalue weighted by Gasteiger charge is 2.09. The van der Waals surface area contributed by atoms with E-state index < -0.39 is 0 Å². The van der Waals surface area contributed by atoms with Crippen LogP contribution in [-0.2, 0) is 6.54 Å². The molecule has 1 aromatic carbocycles. The summed E-state index contributed by atoms with van der Waals surface area (Å²) < 4.78 is 1.77. The molecule has 0 radical (unpaired) electrons. The quantitative estimate of drug-likeness (QED) is 0.861. The average Bonchev–Trinajstić information content (AvgIpc) is 2.95. The maximum Gasteiger partial charge on any atom is 0.0697 e. The lowest BCUT2D eigenvalue weighted by molar-refractivity contribution is 0.233. The van der Waals surface area contributed by atoms with Crippen LogP contribution in [0.3, 0.4) is 0 Å². The van der Waals surface area contributed by atoms with Gasteiger partial charge < -0.3 is 5.32 Å². The van der Waals surface area contributed by atoms with Gasteiger partial charge in [-0.05, 0) is 17.7 Å². The summed E-state index contributed by atoms with van der Waals surface area (Å²) in [5.74, 6) is 0. The van der Waals surface area contributed by atoms with Gasteiger partial charge in [-0.2, -0.15) is 0 Å². The van der Waals surface area contributed by atoms with E-state index in [0.29, 0.717) is 0 Å². The summed E-state index contributed by atoms with van der Waals surface area (Å²) in [6.07, 6.45) is 3.54. The molecule has 1 N–H and O–H groups in total. The third-order valence-electron chi connectivity index (χ3n) is 3.24. The minimum atomic E-state index is 1.03. The molecular formula is C13H17N5. The summed E-state index contributed by atoms with van der Waals surface area (Å²) in [5.41, 5.74) is 2.40. The summed E-state index contributed by atoms with van der Waals surface area (Å²) in [4.78, 5) is 2.47. The highest BCUT2D eigenvalue weighted by atomic mass is 15.4. The molecule has 0 amide bonds. The van der Waals surface area contributed by atoms with Gasteiger partial charge in [0.05, 0.1) is 18.1 Å². The molecule has 1 aromatic heterocycles. The van der Waals surface area contributed by atoms with Gasteiger partial charge in [-0.15, -0.1) is 5.10 Å². The largest absolute Gasteiger partial charge is 0.314 e. The Hall–Kier alpha value is -1.72. The number of hydrogen-bond acceptors (Lipinski definition) is 4. The summed E-state index contributed by atoms with van der Waals surface area (Å²) >= 11 is 0. The van der Waals surface area contributed by atoms with Crippen LogP contribution in [0.25, 0.3) is 5.69 Å². The Balaban J connectivity index is 1.67. The number of benzene rings is 1. The molecule has 2 aromatic rings. The number of nitrogens with one attached hydrogen (secondary N) is 1. The highest BCUT2D eigenvalue weighted by molar-refractivity contribution is 5.33. The standard InChI is InChI=1S/C13H17N5/c1-3-13(18-10-7-15-16-18)4-2-12(1)11-17-8-5-14-6-9-17/h1-4,7,10,14H,5-6,8-9,11H2. The van der Waals surface area contributed by atoms with E-state index in [-0.39, 0.29) is 0 Å². The van der Waals surface area contributed by atoms with E-state index >= 15 is 0 Å². The van der Waals surface area contributed by atoms with Gasteiger partial charge in [0.2, 0.25) is 0 Å². The fourth-order valence-electron chi connectivity index (χ4n) is 2.23. The van der Waals surface area contributed by atoms with Crippen LogP contribution in [0.5, 0.6) is 0 Å².